The first-order valence-corrected chi connectivity index (χ1v) is 6.25. The third kappa shape index (κ3) is 3.98. The van der Waals surface area contributed by atoms with Crippen molar-refractivity contribution < 1.29 is 5.11 Å². The fourth-order valence-corrected chi connectivity index (χ4v) is 1.79. The van der Waals surface area contributed by atoms with Gasteiger partial charge in [0, 0.05) is 24.9 Å². The van der Waals surface area contributed by atoms with Gasteiger partial charge in [-0.15, -0.1) is 0 Å². The molecule has 1 aromatic carbocycles. The van der Waals surface area contributed by atoms with Crippen LogP contribution >= 0.6 is 0 Å². The number of aliphatic hydroxyl groups is 1. The van der Waals surface area contributed by atoms with Crippen molar-refractivity contribution in [2.75, 3.05) is 13.2 Å². The Balaban J connectivity index is 1.83. The zero-order valence-electron chi connectivity index (χ0n) is 10.4. The SMILES string of the molecule is OCCCNCc1cnn(Cc2ccccc2)c1. The molecule has 0 atom stereocenters. The van der Waals surface area contributed by atoms with E-state index >= 15 is 0 Å². The Hall–Kier alpha value is -1.65. The summed E-state index contributed by atoms with van der Waals surface area (Å²) in [6.45, 7) is 2.67. The van der Waals surface area contributed by atoms with Crippen molar-refractivity contribution in [3.63, 3.8) is 0 Å². The Bertz CT molecular complexity index is 453. The van der Waals surface area contributed by atoms with E-state index in [2.05, 4.69) is 28.7 Å². The van der Waals surface area contributed by atoms with Gasteiger partial charge in [-0.2, -0.15) is 5.10 Å². The molecule has 0 aliphatic carbocycles. The molecule has 1 aromatic heterocycles. The number of rotatable bonds is 7. The summed E-state index contributed by atoms with van der Waals surface area (Å²) in [5.74, 6) is 0. The third-order valence-corrected chi connectivity index (χ3v) is 2.71. The number of hydrogen-bond donors (Lipinski definition) is 2. The Kier molecular flexibility index (Phi) is 4.93. The summed E-state index contributed by atoms with van der Waals surface area (Å²) in [5, 5.41) is 16.3. The van der Waals surface area contributed by atoms with E-state index in [0.29, 0.717) is 0 Å². The molecular weight excluding hydrogens is 226 g/mol. The Morgan fingerprint density at radius 2 is 2.00 bits per heavy atom. The van der Waals surface area contributed by atoms with Crippen LogP contribution in [0, 0.1) is 0 Å². The summed E-state index contributed by atoms with van der Waals surface area (Å²) in [4.78, 5) is 0. The minimum Gasteiger partial charge on any atom is -0.396 e. The highest BCUT2D eigenvalue weighted by molar-refractivity contribution is 5.15. The molecule has 0 aliphatic rings. The molecule has 0 saturated heterocycles. The van der Waals surface area contributed by atoms with Gasteiger partial charge in [-0.25, -0.2) is 0 Å². The summed E-state index contributed by atoms with van der Waals surface area (Å²) in [7, 11) is 0. The fraction of sp³-hybridized carbons (Fsp3) is 0.357. The molecule has 0 unspecified atom stereocenters. The van der Waals surface area contributed by atoms with E-state index in [1.165, 1.54) is 11.1 Å². The number of nitrogens with one attached hydrogen (secondary N) is 1. The van der Waals surface area contributed by atoms with Gasteiger partial charge in [0.25, 0.3) is 0 Å². The van der Waals surface area contributed by atoms with Crippen molar-refractivity contribution in [2.45, 2.75) is 19.5 Å². The van der Waals surface area contributed by atoms with Gasteiger partial charge >= 0.3 is 0 Å². The molecule has 0 fully saturated rings. The van der Waals surface area contributed by atoms with Crippen LogP contribution < -0.4 is 5.32 Å². The van der Waals surface area contributed by atoms with Crippen molar-refractivity contribution in [3.8, 4) is 0 Å². The van der Waals surface area contributed by atoms with Gasteiger partial charge in [-0.05, 0) is 18.5 Å². The molecule has 1 heterocycles. The average Bonchev–Trinajstić information content (AvgIpc) is 2.84. The second-order valence-corrected chi connectivity index (χ2v) is 4.29. The van der Waals surface area contributed by atoms with Crippen molar-refractivity contribution in [2.24, 2.45) is 0 Å². The monoisotopic (exact) mass is 245 g/mol. The van der Waals surface area contributed by atoms with Crippen LogP contribution in [0.15, 0.2) is 42.7 Å². The van der Waals surface area contributed by atoms with E-state index in [1.54, 1.807) is 0 Å². The van der Waals surface area contributed by atoms with Gasteiger partial charge in [0.15, 0.2) is 0 Å². The van der Waals surface area contributed by atoms with Crippen molar-refractivity contribution in [1.29, 1.82) is 0 Å². The molecule has 2 rings (SSSR count). The van der Waals surface area contributed by atoms with Crippen molar-refractivity contribution in [3.05, 3.63) is 53.9 Å². The lowest BCUT2D eigenvalue weighted by atomic mass is 10.2. The van der Waals surface area contributed by atoms with Crippen molar-refractivity contribution in [1.82, 2.24) is 15.1 Å². The first kappa shape index (κ1) is 12.8. The Labute approximate surface area is 107 Å². The van der Waals surface area contributed by atoms with Crippen molar-refractivity contribution >= 4 is 0 Å². The van der Waals surface area contributed by atoms with Crippen LogP contribution in [0.4, 0.5) is 0 Å². The fourth-order valence-electron chi connectivity index (χ4n) is 1.79. The molecule has 2 N–H and O–H groups in total. The molecular formula is C14H19N3O. The van der Waals surface area contributed by atoms with Crippen LogP contribution in [-0.4, -0.2) is 28.0 Å². The highest BCUT2D eigenvalue weighted by atomic mass is 16.3. The molecule has 4 heteroatoms. The largest absolute Gasteiger partial charge is 0.396 e. The number of hydrogen-bond acceptors (Lipinski definition) is 3. The molecule has 4 nitrogen and oxygen atoms in total. The topological polar surface area (TPSA) is 50.1 Å². The summed E-state index contributed by atoms with van der Waals surface area (Å²) in [5.41, 5.74) is 2.42. The maximum atomic E-state index is 8.68. The van der Waals surface area contributed by atoms with E-state index in [4.69, 9.17) is 5.11 Å². The minimum absolute atomic E-state index is 0.236. The smallest absolute Gasteiger partial charge is 0.0659 e. The van der Waals surface area contributed by atoms with Crippen LogP contribution in [0.2, 0.25) is 0 Å². The predicted molar refractivity (Wildman–Crippen MR) is 71.2 cm³/mol. The van der Waals surface area contributed by atoms with Crippen LogP contribution in [-0.2, 0) is 13.1 Å². The predicted octanol–water partition coefficient (Wildman–Crippen LogP) is 1.40. The molecule has 2 aromatic rings. The lowest BCUT2D eigenvalue weighted by molar-refractivity contribution is 0.286. The summed E-state index contributed by atoms with van der Waals surface area (Å²) >= 11 is 0. The van der Waals surface area contributed by atoms with Gasteiger partial charge in [-0.1, -0.05) is 30.3 Å². The number of aliphatic hydroxyl groups excluding tert-OH is 1. The van der Waals surface area contributed by atoms with Gasteiger partial charge in [0.2, 0.25) is 0 Å². The maximum absolute atomic E-state index is 8.68. The summed E-state index contributed by atoms with van der Waals surface area (Å²) < 4.78 is 1.94. The maximum Gasteiger partial charge on any atom is 0.0659 e. The highest BCUT2D eigenvalue weighted by Gasteiger charge is 1.99. The normalized spacial score (nSPS) is 10.7. The van der Waals surface area contributed by atoms with Gasteiger partial charge in [-0.3, -0.25) is 4.68 Å². The van der Waals surface area contributed by atoms with E-state index in [9.17, 15) is 0 Å². The molecule has 18 heavy (non-hydrogen) atoms. The highest BCUT2D eigenvalue weighted by Crippen LogP contribution is 2.03. The Morgan fingerprint density at radius 3 is 2.78 bits per heavy atom. The first-order valence-electron chi connectivity index (χ1n) is 6.25. The molecule has 0 radical (unpaired) electrons. The zero-order chi connectivity index (χ0) is 12.6. The van der Waals surface area contributed by atoms with Crippen LogP contribution in [0.25, 0.3) is 0 Å². The lowest BCUT2D eigenvalue weighted by Gasteiger charge is -2.01. The summed E-state index contributed by atoms with van der Waals surface area (Å²) in [6, 6.07) is 10.3. The van der Waals surface area contributed by atoms with E-state index in [1.807, 2.05) is 29.1 Å². The molecule has 0 spiro atoms. The quantitative estimate of drug-likeness (QED) is 0.725. The molecule has 0 saturated carbocycles. The molecule has 96 valence electrons. The van der Waals surface area contributed by atoms with Crippen LogP contribution in [0.3, 0.4) is 0 Å². The standard InChI is InChI=1S/C14H19N3O/c18-8-4-7-15-9-14-10-16-17(12-14)11-13-5-2-1-3-6-13/h1-3,5-6,10,12,15,18H,4,7-9,11H2. The van der Waals surface area contributed by atoms with E-state index < -0.39 is 0 Å². The third-order valence-electron chi connectivity index (χ3n) is 2.71. The minimum atomic E-state index is 0.236. The van der Waals surface area contributed by atoms with E-state index in [-0.39, 0.29) is 6.61 Å². The first-order chi connectivity index (χ1) is 8.88. The van der Waals surface area contributed by atoms with Crippen LogP contribution in [0.5, 0.6) is 0 Å². The van der Waals surface area contributed by atoms with Gasteiger partial charge < -0.3 is 10.4 Å². The number of aromatic nitrogens is 2. The number of benzene rings is 1. The summed E-state index contributed by atoms with van der Waals surface area (Å²) in [6.07, 6.45) is 4.73. The second kappa shape index (κ2) is 6.93. The zero-order valence-corrected chi connectivity index (χ0v) is 10.4. The number of nitrogens with zero attached hydrogens (tertiary/aromatic N) is 2. The Morgan fingerprint density at radius 1 is 1.17 bits per heavy atom. The van der Waals surface area contributed by atoms with Gasteiger partial charge in [0.05, 0.1) is 12.7 Å². The molecule has 0 bridgehead atoms. The van der Waals surface area contributed by atoms with Gasteiger partial charge in [0.1, 0.15) is 0 Å². The second-order valence-electron chi connectivity index (χ2n) is 4.29. The average molecular weight is 245 g/mol. The van der Waals surface area contributed by atoms with E-state index in [0.717, 1.165) is 26.1 Å². The lowest BCUT2D eigenvalue weighted by Crippen LogP contribution is -2.15. The molecule has 0 amide bonds. The molecule has 0 aliphatic heterocycles. The van der Waals surface area contributed by atoms with Crippen LogP contribution in [0.1, 0.15) is 17.5 Å².